The van der Waals surface area contributed by atoms with Crippen LogP contribution in [0.3, 0.4) is 0 Å². The average Bonchev–Trinajstić information content (AvgIpc) is 2.50. The molecule has 0 radical (unpaired) electrons. The van der Waals surface area contributed by atoms with Gasteiger partial charge in [0.15, 0.2) is 6.10 Å². The van der Waals surface area contributed by atoms with Crippen molar-refractivity contribution in [2.75, 3.05) is 0 Å². The zero-order chi connectivity index (χ0) is 17.8. The molecule has 0 unspecified atom stereocenters. The number of hydrogen-bond donors (Lipinski definition) is 1. The molecule has 4 saturated carbocycles. The summed E-state index contributed by atoms with van der Waals surface area (Å²) >= 11 is 0. The maximum Gasteiger partial charge on any atom is 0.261 e. The van der Waals surface area contributed by atoms with E-state index in [0.717, 1.165) is 29.1 Å². The predicted octanol–water partition coefficient (Wildman–Crippen LogP) is 4.46. The van der Waals surface area contributed by atoms with Crippen LogP contribution in [0.15, 0.2) is 12.1 Å². The molecule has 5 rings (SSSR count). The predicted molar refractivity (Wildman–Crippen MR) is 99.8 cm³/mol. The highest BCUT2D eigenvalue weighted by Gasteiger charge is 2.51. The lowest BCUT2D eigenvalue weighted by molar-refractivity contribution is -0.133. The fraction of sp³-hybridized carbons (Fsp3) is 0.682. The number of aryl methyl sites for hydroxylation is 2. The number of ether oxygens (including phenoxy) is 1. The molecule has 0 aromatic heterocycles. The third-order valence-corrected chi connectivity index (χ3v) is 6.86. The van der Waals surface area contributed by atoms with E-state index in [2.05, 4.69) is 32.2 Å². The third-order valence-electron chi connectivity index (χ3n) is 6.86. The van der Waals surface area contributed by atoms with Crippen LogP contribution in [0, 0.1) is 38.5 Å². The van der Waals surface area contributed by atoms with Gasteiger partial charge in [-0.3, -0.25) is 4.79 Å². The standard InChI is InChI=1S/C22H31NO2/c1-13-5-14(2)15(3)20(6-13)25-16(4)21(24)23-22-10-17-7-18(11-22)9-19(8-17)12-22/h5-6,16-19H,7-12H2,1-4H3,(H,23,24)/t16-,17?,18?,19?,22?/m0/s1. The van der Waals surface area contributed by atoms with E-state index in [1.54, 1.807) is 0 Å². The molecule has 136 valence electrons. The fourth-order valence-electron chi connectivity index (χ4n) is 5.99. The maximum absolute atomic E-state index is 12.9. The monoisotopic (exact) mass is 341 g/mol. The summed E-state index contributed by atoms with van der Waals surface area (Å²) in [4.78, 5) is 12.9. The van der Waals surface area contributed by atoms with Crippen molar-refractivity contribution in [1.82, 2.24) is 5.32 Å². The quantitative estimate of drug-likeness (QED) is 0.878. The van der Waals surface area contributed by atoms with Crippen molar-refractivity contribution in [3.05, 3.63) is 28.8 Å². The molecule has 25 heavy (non-hydrogen) atoms. The number of carbonyl (C=O) groups is 1. The van der Waals surface area contributed by atoms with E-state index in [9.17, 15) is 4.79 Å². The van der Waals surface area contributed by atoms with E-state index in [1.165, 1.54) is 49.7 Å². The molecule has 4 aliphatic carbocycles. The van der Waals surface area contributed by atoms with Crippen LogP contribution in [0.5, 0.6) is 5.75 Å². The zero-order valence-corrected chi connectivity index (χ0v) is 16.0. The minimum atomic E-state index is -0.451. The summed E-state index contributed by atoms with van der Waals surface area (Å²) in [5, 5.41) is 3.43. The molecule has 4 bridgehead atoms. The number of nitrogens with one attached hydrogen (secondary N) is 1. The second kappa shape index (κ2) is 6.03. The SMILES string of the molecule is Cc1cc(C)c(C)c(O[C@@H](C)C(=O)NC23CC4CC(CC(C4)C2)C3)c1. The average molecular weight is 341 g/mol. The van der Waals surface area contributed by atoms with Crippen molar-refractivity contribution in [3.8, 4) is 5.75 Å². The molecule has 3 heteroatoms. The van der Waals surface area contributed by atoms with Crippen molar-refractivity contribution in [3.63, 3.8) is 0 Å². The van der Waals surface area contributed by atoms with Gasteiger partial charge in [-0.2, -0.15) is 0 Å². The minimum Gasteiger partial charge on any atom is -0.481 e. The van der Waals surface area contributed by atoms with Crippen molar-refractivity contribution in [2.24, 2.45) is 17.8 Å². The van der Waals surface area contributed by atoms with Gasteiger partial charge in [0.05, 0.1) is 0 Å². The van der Waals surface area contributed by atoms with Gasteiger partial charge in [-0.25, -0.2) is 0 Å². The van der Waals surface area contributed by atoms with Gasteiger partial charge in [0.25, 0.3) is 5.91 Å². The first-order chi connectivity index (χ1) is 11.8. The number of amides is 1. The van der Waals surface area contributed by atoms with Crippen LogP contribution in [0.4, 0.5) is 0 Å². The lowest BCUT2D eigenvalue weighted by Crippen LogP contribution is -2.61. The van der Waals surface area contributed by atoms with E-state index >= 15 is 0 Å². The Morgan fingerprint density at radius 1 is 1.08 bits per heavy atom. The molecule has 4 fully saturated rings. The van der Waals surface area contributed by atoms with Crippen molar-refractivity contribution in [1.29, 1.82) is 0 Å². The molecule has 3 nitrogen and oxygen atoms in total. The summed E-state index contributed by atoms with van der Waals surface area (Å²) in [6.45, 7) is 8.11. The molecular weight excluding hydrogens is 310 g/mol. The van der Waals surface area contributed by atoms with E-state index < -0.39 is 6.10 Å². The molecule has 0 saturated heterocycles. The van der Waals surface area contributed by atoms with Crippen LogP contribution in [0.1, 0.15) is 62.1 Å². The number of rotatable bonds is 4. The van der Waals surface area contributed by atoms with Gasteiger partial charge in [-0.1, -0.05) is 6.07 Å². The van der Waals surface area contributed by atoms with Gasteiger partial charge in [0.2, 0.25) is 0 Å². The van der Waals surface area contributed by atoms with Gasteiger partial charge >= 0.3 is 0 Å². The minimum absolute atomic E-state index is 0.0560. The van der Waals surface area contributed by atoms with Crippen LogP contribution < -0.4 is 10.1 Å². The topological polar surface area (TPSA) is 38.3 Å². The van der Waals surface area contributed by atoms with Gasteiger partial charge in [0, 0.05) is 5.54 Å². The van der Waals surface area contributed by atoms with Gasteiger partial charge in [-0.05, 0) is 107 Å². The molecule has 1 aromatic rings. The summed E-state index contributed by atoms with van der Waals surface area (Å²) in [6, 6.07) is 4.19. The second-order valence-electron chi connectivity index (χ2n) is 9.15. The molecule has 0 heterocycles. The van der Waals surface area contributed by atoms with E-state index in [1.807, 2.05) is 13.0 Å². The van der Waals surface area contributed by atoms with Crippen LogP contribution in [0.25, 0.3) is 0 Å². The Hall–Kier alpha value is -1.51. The molecule has 1 atom stereocenters. The summed E-state index contributed by atoms with van der Waals surface area (Å²) in [7, 11) is 0. The highest BCUT2D eigenvalue weighted by Crippen LogP contribution is 2.55. The highest BCUT2D eigenvalue weighted by atomic mass is 16.5. The lowest BCUT2D eigenvalue weighted by Gasteiger charge is -2.57. The Balaban J connectivity index is 1.45. The van der Waals surface area contributed by atoms with Crippen molar-refractivity contribution < 1.29 is 9.53 Å². The summed E-state index contributed by atoms with van der Waals surface area (Å²) in [5.41, 5.74) is 3.57. The summed E-state index contributed by atoms with van der Waals surface area (Å²) in [5.74, 6) is 3.41. The van der Waals surface area contributed by atoms with E-state index in [0.29, 0.717) is 0 Å². The smallest absolute Gasteiger partial charge is 0.261 e. The van der Waals surface area contributed by atoms with Crippen molar-refractivity contribution in [2.45, 2.75) is 77.9 Å². The van der Waals surface area contributed by atoms with Gasteiger partial charge in [0.1, 0.15) is 5.75 Å². The number of carbonyl (C=O) groups excluding carboxylic acids is 1. The maximum atomic E-state index is 12.9. The summed E-state index contributed by atoms with van der Waals surface area (Å²) in [6.07, 6.45) is 7.27. The normalized spacial score (nSPS) is 34.0. The second-order valence-corrected chi connectivity index (χ2v) is 9.15. The first-order valence-corrected chi connectivity index (χ1v) is 9.90. The molecule has 1 aromatic carbocycles. The number of benzene rings is 1. The fourth-order valence-corrected chi connectivity index (χ4v) is 5.99. The third kappa shape index (κ3) is 3.18. The Kier molecular flexibility index (Phi) is 4.09. The molecule has 0 spiro atoms. The molecular formula is C22H31NO2. The van der Waals surface area contributed by atoms with Crippen LogP contribution in [0.2, 0.25) is 0 Å². The Labute approximate surface area is 151 Å². The molecule has 0 aliphatic heterocycles. The van der Waals surface area contributed by atoms with Crippen LogP contribution in [-0.4, -0.2) is 17.6 Å². The first kappa shape index (κ1) is 16.9. The highest BCUT2D eigenvalue weighted by molar-refractivity contribution is 5.81. The lowest BCUT2D eigenvalue weighted by atomic mass is 9.53. The van der Waals surface area contributed by atoms with Crippen molar-refractivity contribution >= 4 is 5.91 Å². The molecule has 1 N–H and O–H groups in total. The van der Waals surface area contributed by atoms with Crippen LogP contribution >= 0.6 is 0 Å². The Bertz CT molecular complexity index is 658. The summed E-state index contributed by atoms with van der Waals surface area (Å²) < 4.78 is 6.07. The van der Waals surface area contributed by atoms with Crippen LogP contribution in [-0.2, 0) is 4.79 Å². The molecule has 4 aliphatic rings. The van der Waals surface area contributed by atoms with Gasteiger partial charge < -0.3 is 10.1 Å². The zero-order valence-electron chi connectivity index (χ0n) is 16.0. The number of hydrogen-bond acceptors (Lipinski definition) is 2. The van der Waals surface area contributed by atoms with E-state index in [4.69, 9.17) is 4.74 Å². The Morgan fingerprint density at radius 2 is 1.64 bits per heavy atom. The van der Waals surface area contributed by atoms with E-state index in [-0.39, 0.29) is 11.4 Å². The molecule has 1 amide bonds. The largest absolute Gasteiger partial charge is 0.481 e. The van der Waals surface area contributed by atoms with Gasteiger partial charge in [-0.15, -0.1) is 0 Å². The Morgan fingerprint density at radius 3 is 2.20 bits per heavy atom. The first-order valence-electron chi connectivity index (χ1n) is 9.90.